The van der Waals surface area contributed by atoms with E-state index in [9.17, 15) is 18.9 Å². The van der Waals surface area contributed by atoms with Gasteiger partial charge in [-0.05, 0) is 62.0 Å². The minimum Gasteiger partial charge on any atom is -0.388 e. The molecule has 0 amide bonds. The number of sulfonamides is 1. The fraction of sp³-hybridized carbons (Fsp3) is 0.467. The zero-order valence-electron chi connectivity index (χ0n) is 24.1. The summed E-state index contributed by atoms with van der Waals surface area (Å²) >= 11 is 0. The smallest absolute Gasteiger partial charge is 0.241 e. The Balaban J connectivity index is 2.47. The molecule has 2 aromatic rings. The Morgan fingerprint density at radius 3 is 2.00 bits per heavy atom. The van der Waals surface area contributed by atoms with Crippen molar-refractivity contribution >= 4 is 18.3 Å². The van der Waals surface area contributed by atoms with E-state index in [1.54, 1.807) is 32.9 Å². The number of hydrogen-bond donors (Lipinski definition) is 1. The molecule has 204 valence electrons. The van der Waals surface area contributed by atoms with Gasteiger partial charge in [-0.25, -0.2) is 13.1 Å². The topological polar surface area (TPSA) is 103 Å². The first-order chi connectivity index (χ1) is 17.5. The first kappa shape index (κ1) is 31.5. The number of hydrogen-bond acceptors (Lipinski definition) is 5. The standard InChI is InChI=1S/C30H41N3O3SSi/c1-22-17-23(2)28(24(3)18-22)37(34,35)33-27(19-26-13-11-10-12-14-26)16-15-25(4)30(20-31,21-32)36-38(8,9)29(5,6)7/h10-18,25,27,33H,19H2,1-9H3/b16-15+. The van der Waals surface area contributed by atoms with Gasteiger partial charge in [0.1, 0.15) is 12.1 Å². The summed E-state index contributed by atoms with van der Waals surface area (Å²) in [6.07, 6.45) is 3.87. The number of nitrogens with one attached hydrogen (secondary N) is 1. The second-order valence-corrected chi connectivity index (χ2v) is 18.0. The molecule has 0 aliphatic rings. The summed E-state index contributed by atoms with van der Waals surface area (Å²) < 4.78 is 36.3. The minimum atomic E-state index is -3.86. The van der Waals surface area contributed by atoms with Gasteiger partial charge in [-0.2, -0.15) is 10.5 Å². The van der Waals surface area contributed by atoms with Gasteiger partial charge in [0.05, 0.1) is 4.90 Å². The van der Waals surface area contributed by atoms with Gasteiger partial charge in [0.25, 0.3) is 0 Å². The first-order valence-corrected chi connectivity index (χ1v) is 17.2. The van der Waals surface area contributed by atoms with Gasteiger partial charge in [0, 0.05) is 12.0 Å². The molecule has 2 atom stereocenters. The molecule has 8 heteroatoms. The van der Waals surface area contributed by atoms with E-state index in [-0.39, 0.29) is 9.93 Å². The normalized spacial score (nSPS) is 14.6. The molecule has 0 bridgehead atoms. The summed E-state index contributed by atoms with van der Waals surface area (Å²) in [6, 6.07) is 17.0. The zero-order valence-corrected chi connectivity index (χ0v) is 25.9. The molecule has 6 nitrogen and oxygen atoms in total. The number of nitrogens with zero attached hydrogens (tertiary/aromatic N) is 2. The van der Waals surface area contributed by atoms with E-state index in [1.807, 2.05) is 62.5 Å². The van der Waals surface area contributed by atoms with Crippen LogP contribution in [-0.4, -0.2) is 28.4 Å². The average molecular weight is 552 g/mol. The van der Waals surface area contributed by atoms with E-state index in [0.717, 1.165) is 11.1 Å². The van der Waals surface area contributed by atoms with E-state index < -0.39 is 35.9 Å². The van der Waals surface area contributed by atoms with Gasteiger partial charge >= 0.3 is 0 Å². The largest absolute Gasteiger partial charge is 0.388 e. The van der Waals surface area contributed by atoms with Crippen LogP contribution in [-0.2, 0) is 20.9 Å². The molecular formula is C30H41N3O3SSi. The Labute approximate surface area is 230 Å². The number of nitriles is 2. The molecule has 0 saturated carbocycles. The van der Waals surface area contributed by atoms with Gasteiger partial charge in [-0.3, -0.25) is 0 Å². The fourth-order valence-electron chi connectivity index (χ4n) is 4.22. The Morgan fingerprint density at radius 2 is 1.53 bits per heavy atom. The third-order valence-electron chi connectivity index (χ3n) is 7.31. The lowest BCUT2D eigenvalue weighted by atomic mass is 9.90. The van der Waals surface area contributed by atoms with Crippen molar-refractivity contribution in [2.45, 2.75) is 89.6 Å². The lowest BCUT2D eigenvalue weighted by Crippen LogP contribution is -2.51. The predicted molar refractivity (Wildman–Crippen MR) is 155 cm³/mol. The van der Waals surface area contributed by atoms with Gasteiger partial charge in [-0.15, -0.1) is 0 Å². The highest BCUT2D eigenvalue weighted by atomic mass is 32.2. The Bertz CT molecular complexity index is 1310. The molecule has 0 aromatic heterocycles. The van der Waals surface area contributed by atoms with Crippen LogP contribution in [0.15, 0.2) is 59.5 Å². The first-order valence-electron chi connectivity index (χ1n) is 12.8. The lowest BCUT2D eigenvalue weighted by molar-refractivity contribution is 0.129. The second-order valence-electron chi connectivity index (χ2n) is 11.6. The van der Waals surface area contributed by atoms with Gasteiger partial charge < -0.3 is 4.43 Å². The van der Waals surface area contributed by atoms with Crippen molar-refractivity contribution < 1.29 is 12.8 Å². The maximum atomic E-state index is 13.6. The minimum absolute atomic E-state index is 0.190. The SMILES string of the molecule is Cc1cc(C)c(S(=O)(=O)NC(/C=C/C(C)C(C#N)(C#N)O[Si](C)(C)C(C)(C)C)Cc2ccccc2)c(C)c1. The molecule has 0 aliphatic heterocycles. The molecule has 1 N–H and O–H groups in total. The van der Waals surface area contributed by atoms with E-state index in [1.165, 1.54) is 0 Å². The molecule has 0 spiro atoms. The molecule has 2 unspecified atom stereocenters. The second kappa shape index (κ2) is 12.0. The van der Waals surface area contributed by atoms with Crippen LogP contribution in [0.5, 0.6) is 0 Å². The number of aryl methyl sites for hydroxylation is 3. The highest BCUT2D eigenvalue weighted by Crippen LogP contribution is 2.41. The van der Waals surface area contributed by atoms with Crippen molar-refractivity contribution in [2.24, 2.45) is 5.92 Å². The van der Waals surface area contributed by atoms with Crippen molar-refractivity contribution in [3.63, 3.8) is 0 Å². The van der Waals surface area contributed by atoms with Crippen LogP contribution in [0.1, 0.15) is 49.9 Å². The summed E-state index contributed by atoms with van der Waals surface area (Å²) in [7, 11) is -6.31. The highest BCUT2D eigenvalue weighted by Gasteiger charge is 2.48. The molecule has 2 aromatic carbocycles. The number of rotatable bonds is 10. The summed E-state index contributed by atoms with van der Waals surface area (Å²) in [5.74, 6) is -0.600. The van der Waals surface area contributed by atoms with Crippen molar-refractivity contribution in [1.29, 1.82) is 10.5 Å². The summed E-state index contributed by atoms with van der Waals surface area (Å²) in [6.45, 7) is 17.5. The molecule has 0 aliphatic carbocycles. The quantitative estimate of drug-likeness (QED) is 0.268. The third-order valence-corrected chi connectivity index (χ3v) is 13.5. The van der Waals surface area contributed by atoms with E-state index in [0.29, 0.717) is 17.5 Å². The van der Waals surface area contributed by atoms with E-state index in [4.69, 9.17) is 4.43 Å². The molecule has 0 saturated heterocycles. The van der Waals surface area contributed by atoms with Crippen LogP contribution in [0.25, 0.3) is 0 Å². The Kier molecular flexibility index (Phi) is 9.91. The third kappa shape index (κ3) is 7.42. The predicted octanol–water partition coefficient (Wildman–Crippen LogP) is 6.50. The Morgan fingerprint density at radius 1 is 1.00 bits per heavy atom. The average Bonchev–Trinajstić information content (AvgIpc) is 2.79. The molecule has 0 fully saturated rings. The van der Waals surface area contributed by atoms with E-state index >= 15 is 0 Å². The molecule has 2 rings (SSSR count). The van der Waals surface area contributed by atoms with Crippen LogP contribution < -0.4 is 4.72 Å². The van der Waals surface area contributed by atoms with Crippen LogP contribution >= 0.6 is 0 Å². The van der Waals surface area contributed by atoms with Crippen molar-refractivity contribution in [2.75, 3.05) is 0 Å². The molecule has 0 radical (unpaired) electrons. The summed E-state index contributed by atoms with van der Waals surface area (Å²) in [5, 5.41) is 20.0. The van der Waals surface area contributed by atoms with Gasteiger partial charge in [0.15, 0.2) is 8.32 Å². The maximum Gasteiger partial charge on any atom is 0.241 e. The highest BCUT2D eigenvalue weighted by molar-refractivity contribution is 7.89. The zero-order chi connectivity index (χ0) is 28.9. The van der Waals surface area contributed by atoms with Crippen LogP contribution in [0.3, 0.4) is 0 Å². The van der Waals surface area contributed by atoms with Gasteiger partial charge in [0.2, 0.25) is 15.6 Å². The van der Waals surface area contributed by atoms with Crippen LogP contribution in [0, 0.1) is 49.4 Å². The molecule has 38 heavy (non-hydrogen) atoms. The monoisotopic (exact) mass is 551 g/mol. The maximum absolute atomic E-state index is 13.6. The van der Waals surface area contributed by atoms with Crippen LogP contribution in [0.2, 0.25) is 18.1 Å². The number of benzene rings is 2. The van der Waals surface area contributed by atoms with E-state index in [2.05, 4.69) is 37.6 Å². The molecule has 0 heterocycles. The van der Waals surface area contributed by atoms with Crippen molar-refractivity contribution in [3.8, 4) is 12.1 Å². The summed E-state index contributed by atoms with van der Waals surface area (Å²) in [5.41, 5.74) is 1.64. The van der Waals surface area contributed by atoms with Crippen molar-refractivity contribution in [1.82, 2.24) is 4.72 Å². The summed E-state index contributed by atoms with van der Waals surface area (Å²) in [4.78, 5) is 0.271. The van der Waals surface area contributed by atoms with Gasteiger partial charge in [-0.1, -0.05) is 87.9 Å². The van der Waals surface area contributed by atoms with Crippen LogP contribution in [0.4, 0.5) is 0 Å². The Hall–Kier alpha value is -2.75. The van der Waals surface area contributed by atoms with Crippen molar-refractivity contribution in [3.05, 3.63) is 76.9 Å². The fourth-order valence-corrected chi connectivity index (χ4v) is 7.26. The molecular weight excluding hydrogens is 511 g/mol. The lowest BCUT2D eigenvalue weighted by Gasteiger charge is -2.41.